The molecule has 0 bridgehead atoms. The van der Waals surface area contributed by atoms with Gasteiger partial charge in [-0.15, -0.1) is 24.0 Å². The van der Waals surface area contributed by atoms with E-state index in [4.69, 9.17) is 0 Å². The van der Waals surface area contributed by atoms with E-state index in [1.165, 1.54) is 5.56 Å². The summed E-state index contributed by atoms with van der Waals surface area (Å²) in [6.45, 7) is 6.61. The predicted octanol–water partition coefficient (Wildman–Crippen LogP) is 3.32. The molecule has 1 aromatic carbocycles. The van der Waals surface area contributed by atoms with Crippen LogP contribution in [0.5, 0.6) is 0 Å². The maximum Gasteiger partial charge on any atom is 0.191 e. The lowest BCUT2D eigenvalue weighted by Crippen LogP contribution is -2.38. The number of halogens is 1. The lowest BCUT2D eigenvalue weighted by atomic mass is 10.2. The predicted molar refractivity (Wildman–Crippen MR) is 125 cm³/mol. The van der Waals surface area contributed by atoms with E-state index >= 15 is 0 Å². The third-order valence-electron chi connectivity index (χ3n) is 4.01. The molecule has 148 valence electrons. The van der Waals surface area contributed by atoms with Gasteiger partial charge in [-0.05, 0) is 44.6 Å². The summed E-state index contributed by atoms with van der Waals surface area (Å²) in [4.78, 5) is 11.4. The monoisotopic (exact) mass is 481 g/mol. The number of hydrogen-bond acceptors (Lipinski definition) is 3. The second-order valence-electron chi connectivity index (χ2n) is 6.34. The lowest BCUT2D eigenvalue weighted by Gasteiger charge is -2.16. The van der Waals surface area contributed by atoms with Crippen molar-refractivity contribution in [2.24, 2.45) is 4.99 Å². The maximum absolute atomic E-state index is 4.67. The van der Waals surface area contributed by atoms with Gasteiger partial charge in [-0.2, -0.15) is 0 Å². The summed E-state index contributed by atoms with van der Waals surface area (Å²) in [5, 5.41) is 6.68. The van der Waals surface area contributed by atoms with Gasteiger partial charge in [0.25, 0.3) is 0 Å². The molecule has 0 amide bonds. The molecular weight excluding hydrogens is 449 g/mol. The van der Waals surface area contributed by atoms with Crippen LogP contribution < -0.4 is 10.6 Å². The topological polar surface area (TPSA) is 52.6 Å². The first kappa shape index (κ1) is 23.4. The van der Waals surface area contributed by atoms with E-state index in [1.807, 2.05) is 24.4 Å². The first-order valence-electron chi connectivity index (χ1n) is 9.42. The molecule has 0 unspecified atom stereocenters. The third kappa shape index (κ3) is 10.3. The quantitative estimate of drug-likeness (QED) is 0.237. The molecule has 0 aliphatic carbocycles. The second-order valence-corrected chi connectivity index (χ2v) is 6.34. The molecule has 6 heteroatoms. The third-order valence-corrected chi connectivity index (χ3v) is 4.01. The molecule has 0 atom stereocenters. The van der Waals surface area contributed by atoms with Crippen molar-refractivity contribution >= 4 is 29.9 Å². The number of hydrogen-bond donors (Lipinski definition) is 2. The number of guanidine groups is 1. The van der Waals surface area contributed by atoms with Crippen LogP contribution >= 0.6 is 24.0 Å². The van der Waals surface area contributed by atoms with Crippen molar-refractivity contribution in [3.8, 4) is 0 Å². The van der Waals surface area contributed by atoms with Crippen LogP contribution in [-0.4, -0.2) is 49.1 Å². The zero-order valence-electron chi connectivity index (χ0n) is 16.4. The molecule has 0 fully saturated rings. The van der Waals surface area contributed by atoms with Gasteiger partial charge in [0.2, 0.25) is 0 Å². The van der Waals surface area contributed by atoms with Crippen molar-refractivity contribution < 1.29 is 0 Å². The van der Waals surface area contributed by atoms with E-state index < -0.39 is 0 Å². The Morgan fingerprint density at radius 1 is 1.07 bits per heavy atom. The summed E-state index contributed by atoms with van der Waals surface area (Å²) < 4.78 is 0. The molecule has 5 nitrogen and oxygen atoms in total. The van der Waals surface area contributed by atoms with Crippen LogP contribution in [0.1, 0.15) is 24.6 Å². The Kier molecular flexibility index (Phi) is 12.5. The Bertz CT molecular complexity index is 634. The van der Waals surface area contributed by atoms with Gasteiger partial charge < -0.3 is 15.5 Å². The van der Waals surface area contributed by atoms with Crippen molar-refractivity contribution in [3.05, 3.63) is 66.0 Å². The molecule has 2 rings (SSSR count). The van der Waals surface area contributed by atoms with Crippen LogP contribution in [0.2, 0.25) is 0 Å². The number of aliphatic imine (C=N–C) groups is 1. The fraction of sp³-hybridized carbons (Fsp3) is 0.429. The van der Waals surface area contributed by atoms with Crippen molar-refractivity contribution in [1.29, 1.82) is 0 Å². The smallest absolute Gasteiger partial charge is 0.191 e. The summed E-state index contributed by atoms with van der Waals surface area (Å²) in [7, 11) is 2.16. The van der Waals surface area contributed by atoms with Gasteiger partial charge in [-0.1, -0.05) is 36.4 Å². The van der Waals surface area contributed by atoms with Crippen LogP contribution in [0.3, 0.4) is 0 Å². The van der Waals surface area contributed by atoms with E-state index in [0.717, 1.165) is 57.2 Å². The molecule has 2 aromatic rings. The molecule has 0 radical (unpaired) electrons. The Morgan fingerprint density at radius 3 is 2.56 bits per heavy atom. The van der Waals surface area contributed by atoms with Crippen LogP contribution in [0.4, 0.5) is 0 Å². The Hall–Kier alpha value is -1.67. The van der Waals surface area contributed by atoms with Gasteiger partial charge >= 0.3 is 0 Å². The highest BCUT2D eigenvalue weighted by atomic mass is 127. The van der Waals surface area contributed by atoms with Crippen LogP contribution in [0, 0.1) is 0 Å². The summed E-state index contributed by atoms with van der Waals surface area (Å²) >= 11 is 0. The Balaban J connectivity index is 0.00000364. The highest BCUT2D eigenvalue weighted by Gasteiger charge is 2.01. The SMILES string of the molecule is CCNC(=NCCCN(C)Cc1ccccc1)NCCc1ccccn1.I. The number of nitrogens with one attached hydrogen (secondary N) is 2. The molecular formula is C21H32IN5. The molecule has 0 spiro atoms. The average Bonchev–Trinajstić information content (AvgIpc) is 2.67. The van der Waals surface area contributed by atoms with E-state index in [9.17, 15) is 0 Å². The summed E-state index contributed by atoms with van der Waals surface area (Å²) in [5.41, 5.74) is 2.45. The average molecular weight is 481 g/mol. The van der Waals surface area contributed by atoms with Gasteiger partial charge in [-0.25, -0.2) is 0 Å². The first-order chi connectivity index (χ1) is 12.8. The van der Waals surface area contributed by atoms with E-state index in [0.29, 0.717) is 0 Å². The number of benzene rings is 1. The largest absolute Gasteiger partial charge is 0.357 e. The van der Waals surface area contributed by atoms with E-state index in [2.05, 4.69) is 69.8 Å². The normalized spacial score (nSPS) is 11.1. The number of nitrogens with zero attached hydrogens (tertiary/aromatic N) is 3. The molecule has 0 aliphatic heterocycles. The zero-order valence-corrected chi connectivity index (χ0v) is 18.7. The molecule has 0 aliphatic rings. The number of aromatic nitrogens is 1. The highest BCUT2D eigenvalue weighted by molar-refractivity contribution is 14.0. The Labute approximate surface area is 180 Å². The standard InChI is InChI=1S/C21H31N5.HI/c1-3-22-21(25-16-13-20-12-7-8-14-23-20)24-15-9-17-26(2)18-19-10-5-4-6-11-19;/h4-8,10-12,14H,3,9,13,15-18H2,1-2H3,(H2,22,24,25);1H. The van der Waals surface area contributed by atoms with Gasteiger partial charge in [0.1, 0.15) is 0 Å². The van der Waals surface area contributed by atoms with Crippen LogP contribution in [0.25, 0.3) is 0 Å². The maximum atomic E-state index is 4.67. The molecule has 1 aromatic heterocycles. The zero-order chi connectivity index (χ0) is 18.5. The Morgan fingerprint density at radius 2 is 1.85 bits per heavy atom. The molecule has 27 heavy (non-hydrogen) atoms. The minimum atomic E-state index is 0. The van der Waals surface area contributed by atoms with Crippen LogP contribution in [-0.2, 0) is 13.0 Å². The van der Waals surface area contributed by atoms with Crippen molar-refractivity contribution in [2.75, 3.05) is 33.2 Å². The van der Waals surface area contributed by atoms with E-state index in [1.54, 1.807) is 0 Å². The molecule has 0 saturated carbocycles. The molecule has 1 heterocycles. The molecule has 0 saturated heterocycles. The highest BCUT2D eigenvalue weighted by Crippen LogP contribution is 2.02. The fourth-order valence-corrected chi connectivity index (χ4v) is 2.70. The summed E-state index contributed by atoms with van der Waals surface area (Å²) in [5.74, 6) is 0.883. The van der Waals surface area contributed by atoms with Gasteiger partial charge in [-0.3, -0.25) is 9.98 Å². The van der Waals surface area contributed by atoms with Gasteiger partial charge in [0, 0.05) is 44.5 Å². The minimum Gasteiger partial charge on any atom is -0.357 e. The van der Waals surface area contributed by atoms with Gasteiger partial charge in [0.15, 0.2) is 5.96 Å². The lowest BCUT2D eigenvalue weighted by molar-refractivity contribution is 0.324. The van der Waals surface area contributed by atoms with Crippen molar-refractivity contribution in [2.45, 2.75) is 26.3 Å². The summed E-state index contributed by atoms with van der Waals surface area (Å²) in [6.07, 6.45) is 3.77. The molecule has 2 N–H and O–H groups in total. The van der Waals surface area contributed by atoms with E-state index in [-0.39, 0.29) is 24.0 Å². The van der Waals surface area contributed by atoms with Gasteiger partial charge in [0.05, 0.1) is 0 Å². The van der Waals surface area contributed by atoms with Crippen molar-refractivity contribution in [3.63, 3.8) is 0 Å². The first-order valence-corrected chi connectivity index (χ1v) is 9.42. The minimum absolute atomic E-state index is 0. The van der Waals surface area contributed by atoms with Crippen LogP contribution in [0.15, 0.2) is 59.7 Å². The number of pyridine rings is 1. The fourth-order valence-electron chi connectivity index (χ4n) is 2.70. The number of rotatable bonds is 10. The summed E-state index contributed by atoms with van der Waals surface area (Å²) in [6, 6.07) is 16.6. The van der Waals surface area contributed by atoms with Crippen molar-refractivity contribution in [1.82, 2.24) is 20.5 Å². The second kappa shape index (κ2) is 14.4.